The molecule has 32 heavy (non-hydrogen) atoms. The van der Waals surface area contributed by atoms with Gasteiger partial charge in [-0.25, -0.2) is 4.79 Å². The first kappa shape index (κ1) is 21.6. The van der Waals surface area contributed by atoms with Gasteiger partial charge >= 0.3 is 6.03 Å². The SMILES string of the molecule is O=C(Nc1ccc(Cl)cc1)N1CCCN(C(=O)c2ccc(=O)n(-c3ccccc3)n2)CC1. The molecule has 2 aromatic carbocycles. The zero-order valence-electron chi connectivity index (χ0n) is 17.3. The van der Waals surface area contributed by atoms with Crippen LogP contribution in [0, 0.1) is 0 Å². The second kappa shape index (κ2) is 9.65. The van der Waals surface area contributed by atoms with Gasteiger partial charge in [0.2, 0.25) is 0 Å². The number of anilines is 1. The number of carbonyl (C=O) groups excluding carboxylic acids is 2. The maximum absolute atomic E-state index is 13.1. The molecule has 0 saturated carbocycles. The van der Waals surface area contributed by atoms with Crippen molar-refractivity contribution < 1.29 is 9.59 Å². The number of para-hydroxylation sites is 1. The zero-order valence-corrected chi connectivity index (χ0v) is 18.0. The van der Waals surface area contributed by atoms with E-state index in [2.05, 4.69) is 10.4 Å². The molecule has 1 aliphatic heterocycles. The summed E-state index contributed by atoms with van der Waals surface area (Å²) >= 11 is 5.88. The van der Waals surface area contributed by atoms with E-state index in [0.29, 0.717) is 49.0 Å². The topological polar surface area (TPSA) is 87.5 Å². The first-order valence-electron chi connectivity index (χ1n) is 10.3. The summed E-state index contributed by atoms with van der Waals surface area (Å²) in [6, 6.07) is 18.4. The number of nitrogens with one attached hydrogen (secondary N) is 1. The predicted molar refractivity (Wildman–Crippen MR) is 122 cm³/mol. The van der Waals surface area contributed by atoms with E-state index in [-0.39, 0.29) is 23.2 Å². The van der Waals surface area contributed by atoms with Gasteiger partial charge in [-0.15, -0.1) is 0 Å². The lowest BCUT2D eigenvalue weighted by Gasteiger charge is -2.22. The van der Waals surface area contributed by atoms with Gasteiger partial charge in [0.05, 0.1) is 5.69 Å². The molecular weight excluding hydrogens is 430 g/mol. The van der Waals surface area contributed by atoms with Crippen molar-refractivity contribution in [2.24, 2.45) is 0 Å². The molecule has 0 atom stereocenters. The Bertz CT molecular complexity index is 1160. The zero-order chi connectivity index (χ0) is 22.5. The Balaban J connectivity index is 1.43. The average molecular weight is 452 g/mol. The molecule has 4 rings (SSSR count). The summed E-state index contributed by atoms with van der Waals surface area (Å²) in [5, 5.41) is 7.72. The maximum Gasteiger partial charge on any atom is 0.321 e. The van der Waals surface area contributed by atoms with Crippen molar-refractivity contribution in [3.05, 3.63) is 87.8 Å². The van der Waals surface area contributed by atoms with Crippen LogP contribution in [-0.2, 0) is 0 Å². The third kappa shape index (κ3) is 4.97. The number of amides is 3. The van der Waals surface area contributed by atoms with Crippen LogP contribution in [-0.4, -0.2) is 57.7 Å². The lowest BCUT2D eigenvalue weighted by atomic mass is 10.3. The van der Waals surface area contributed by atoms with Gasteiger partial charge in [-0.05, 0) is 48.9 Å². The van der Waals surface area contributed by atoms with Crippen LogP contribution >= 0.6 is 11.6 Å². The van der Waals surface area contributed by atoms with Crippen LogP contribution in [0.5, 0.6) is 0 Å². The number of carbonyl (C=O) groups is 2. The van der Waals surface area contributed by atoms with Crippen molar-refractivity contribution in [2.75, 3.05) is 31.5 Å². The van der Waals surface area contributed by atoms with Gasteiger partial charge in [0.25, 0.3) is 11.5 Å². The number of benzene rings is 2. The van der Waals surface area contributed by atoms with Crippen molar-refractivity contribution in [3.8, 4) is 5.69 Å². The molecule has 1 aromatic heterocycles. The fourth-order valence-corrected chi connectivity index (χ4v) is 3.63. The molecule has 3 amide bonds. The van der Waals surface area contributed by atoms with Crippen LogP contribution in [0.1, 0.15) is 16.9 Å². The van der Waals surface area contributed by atoms with Gasteiger partial charge in [-0.3, -0.25) is 9.59 Å². The Kier molecular flexibility index (Phi) is 6.51. The van der Waals surface area contributed by atoms with E-state index >= 15 is 0 Å². The Morgan fingerprint density at radius 1 is 0.844 bits per heavy atom. The monoisotopic (exact) mass is 451 g/mol. The molecule has 0 aliphatic carbocycles. The Labute approximate surface area is 190 Å². The predicted octanol–water partition coefficient (Wildman–Crippen LogP) is 3.27. The van der Waals surface area contributed by atoms with Crippen LogP contribution in [0.2, 0.25) is 5.02 Å². The molecule has 0 unspecified atom stereocenters. The second-order valence-corrected chi connectivity index (χ2v) is 7.81. The molecule has 1 aliphatic rings. The first-order chi connectivity index (χ1) is 15.5. The molecule has 1 saturated heterocycles. The number of urea groups is 1. The number of hydrogen-bond acceptors (Lipinski definition) is 4. The van der Waals surface area contributed by atoms with Crippen LogP contribution in [0.3, 0.4) is 0 Å². The molecule has 1 fully saturated rings. The third-order valence-corrected chi connectivity index (χ3v) is 5.44. The quantitative estimate of drug-likeness (QED) is 0.662. The van der Waals surface area contributed by atoms with E-state index in [1.165, 1.54) is 16.8 Å². The largest absolute Gasteiger partial charge is 0.335 e. The van der Waals surface area contributed by atoms with Gasteiger partial charge in [0, 0.05) is 43.0 Å². The van der Waals surface area contributed by atoms with Crippen LogP contribution in [0.15, 0.2) is 71.5 Å². The highest BCUT2D eigenvalue weighted by Crippen LogP contribution is 2.15. The minimum absolute atomic E-state index is 0.188. The van der Waals surface area contributed by atoms with E-state index in [0.717, 1.165) is 0 Å². The van der Waals surface area contributed by atoms with Gasteiger partial charge in [-0.1, -0.05) is 29.8 Å². The van der Waals surface area contributed by atoms with E-state index < -0.39 is 0 Å². The molecule has 0 radical (unpaired) electrons. The highest BCUT2D eigenvalue weighted by molar-refractivity contribution is 6.30. The number of nitrogens with zero attached hydrogens (tertiary/aromatic N) is 4. The smallest absolute Gasteiger partial charge is 0.321 e. The lowest BCUT2D eigenvalue weighted by molar-refractivity contribution is 0.0754. The minimum atomic E-state index is -0.311. The Morgan fingerprint density at radius 3 is 2.28 bits per heavy atom. The van der Waals surface area contributed by atoms with Crippen molar-refractivity contribution >= 4 is 29.2 Å². The molecule has 3 aromatic rings. The van der Waals surface area contributed by atoms with Gasteiger partial charge in [0.1, 0.15) is 5.69 Å². The summed E-state index contributed by atoms with van der Waals surface area (Å²) in [6.45, 7) is 1.79. The number of halogens is 1. The van der Waals surface area contributed by atoms with Gasteiger partial charge < -0.3 is 15.1 Å². The highest BCUT2D eigenvalue weighted by Gasteiger charge is 2.24. The van der Waals surface area contributed by atoms with E-state index in [4.69, 9.17) is 11.6 Å². The first-order valence-corrected chi connectivity index (χ1v) is 10.7. The number of aromatic nitrogens is 2. The highest BCUT2D eigenvalue weighted by atomic mass is 35.5. The van der Waals surface area contributed by atoms with Crippen molar-refractivity contribution in [2.45, 2.75) is 6.42 Å². The summed E-state index contributed by atoms with van der Waals surface area (Å²) in [5.74, 6) is -0.269. The summed E-state index contributed by atoms with van der Waals surface area (Å²) in [5.41, 5.74) is 1.12. The molecule has 0 spiro atoms. The normalized spacial score (nSPS) is 14.0. The standard InChI is InChI=1S/C23H22ClN5O3/c24-17-7-9-18(10-8-17)25-23(32)28-14-4-13-27(15-16-28)22(31)20-11-12-21(30)29(26-20)19-5-2-1-3-6-19/h1-3,5-12H,4,13-16H2,(H,25,32). The molecule has 1 N–H and O–H groups in total. The molecule has 2 heterocycles. The van der Waals surface area contributed by atoms with Crippen molar-refractivity contribution in [3.63, 3.8) is 0 Å². The Hall–Kier alpha value is -3.65. The van der Waals surface area contributed by atoms with E-state index in [1.807, 2.05) is 6.07 Å². The Morgan fingerprint density at radius 2 is 1.53 bits per heavy atom. The van der Waals surface area contributed by atoms with Crippen LogP contribution < -0.4 is 10.9 Å². The molecule has 0 bridgehead atoms. The summed E-state index contributed by atoms with van der Waals surface area (Å²) < 4.78 is 1.22. The van der Waals surface area contributed by atoms with Gasteiger partial charge in [-0.2, -0.15) is 9.78 Å². The second-order valence-electron chi connectivity index (χ2n) is 7.37. The lowest BCUT2D eigenvalue weighted by Crippen LogP contribution is -2.39. The summed E-state index contributed by atoms with van der Waals surface area (Å²) in [6.07, 6.45) is 0.637. The molecular formula is C23H22ClN5O3. The summed E-state index contributed by atoms with van der Waals surface area (Å²) in [7, 11) is 0. The maximum atomic E-state index is 13.1. The van der Waals surface area contributed by atoms with E-state index in [1.54, 1.807) is 58.3 Å². The molecule has 9 heteroatoms. The molecule has 164 valence electrons. The fraction of sp³-hybridized carbons (Fsp3) is 0.217. The average Bonchev–Trinajstić information content (AvgIpc) is 3.07. The minimum Gasteiger partial charge on any atom is -0.335 e. The van der Waals surface area contributed by atoms with Crippen LogP contribution in [0.25, 0.3) is 5.69 Å². The van der Waals surface area contributed by atoms with Crippen LogP contribution in [0.4, 0.5) is 10.5 Å². The summed E-state index contributed by atoms with van der Waals surface area (Å²) in [4.78, 5) is 41.3. The molecule has 8 nitrogen and oxygen atoms in total. The van der Waals surface area contributed by atoms with Crippen molar-refractivity contribution in [1.82, 2.24) is 19.6 Å². The number of rotatable bonds is 3. The number of hydrogen-bond donors (Lipinski definition) is 1. The fourth-order valence-electron chi connectivity index (χ4n) is 3.50. The third-order valence-electron chi connectivity index (χ3n) is 5.19. The van der Waals surface area contributed by atoms with E-state index in [9.17, 15) is 14.4 Å². The van der Waals surface area contributed by atoms with Crippen molar-refractivity contribution in [1.29, 1.82) is 0 Å². The van der Waals surface area contributed by atoms with Gasteiger partial charge in [0.15, 0.2) is 0 Å².